The molecule has 0 aliphatic carbocycles. The zero-order valence-corrected chi connectivity index (χ0v) is 15.3. The van der Waals surface area contributed by atoms with Gasteiger partial charge >= 0.3 is 6.03 Å². The molecule has 2 amide bonds. The molecule has 0 aromatic heterocycles. The molecule has 140 valence electrons. The highest BCUT2D eigenvalue weighted by atomic mass is 16.5. The van der Waals surface area contributed by atoms with Crippen molar-refractivity contribution in [3.05, 3.63) is 47.7 Å². The lowest BCUT2D eigenvalue weighted by Gasteiger charge is -2.31. The minimum atomic E-state index is -0.455. The summed E-state index contributed by atoms with van der Waals surface area (Å²) in [6, 6.07) is 7.92. The van der Waals surface area contributed by atoms with Crippen molar-refractivity contribution >= 4 is 11.8 Å². The van der Waals surface area contributed by atoms with Crippen LogP contribution in [0.15, 0.2) is 36.5 Å². The van der Waals surface area contributed by atoms with Gasteiger partial charge in [-0.1, -0.05) is 36.8 Å². The fourth-order valence-electron chi connectivity index (χ4n) is 3.57. The number of benzene rings is 1. The van der Waals surface area contributed by atoms with E-state index in [0.29, 0.717) is 19.4 Å². The van der Waals surface area contributed by atoms with Crippen LogP contribution in [0.2, 0.25) is 0 Å². The second-order valence-electron chi connectivity index (χ2n) is 7.18. The summed E-state index contributed by atoms with van der Waals surface area (Å²) in [4.78, 5) is 28.2. The molecule has 2 aliphatic rings. The summed E-state index contributed by atoms with van der Waals surface area (Å²) in [7, 11) is 0. The van der Waals surface area contributed by atoms with Crippen molar-refractivity contribution in [2.24, 2.45) is 5.92 Å². The van der Waals surface area contributed by atoms with Crippen LogP contribution in [0.1, 0.15) is 24.5 Å². The van der Waals surface area contributed by atoms with Crippen LogP contribution in [0.3, 0.4) is 0 Å². The van der Waals surface area contributed by atoms with E-state index in [0.717, 1.165) is 5.56 Å². The Labute approximate surface area is 154 Å². The average Bonchev–Trinajstić information content (AvgIpc) is 2.92. The van der Waals surface area contributed by atoms with Crippen molar-refractivity contribution in [1.82, 2.24) is 9.80 Å². The number of aliphatic hydroxyl groups excluding tert-OH is 1. The van der Waals surface area contributed by atoms with E-state index < -0.39 is 6.23 Å². The Bertz CT molecular complexity index is 703. The van der Waals surface area contributed by atoms with E-state index in [2.05, 4.69) is 6.07 Å². The number of urea groups is 1. The third-order valence-corrected chi connectivity index (χ3v) is 4.94. The number of carbonyl (C=O) groups is 2. The SMILES string of the molecule is Cc1cccc(CCN2CC(=O)C=CN(C3O[C@H](CO)CC3C)C2=O)c1. The van der Waals surface area contributed by atoms with Gasteiger partial charge in [-0.05, 0) is 31.4 Å². The fraction of sp³-hybridized carbons (Fsp3) is 0.500. The van der Waals surface area contributed by atoms with Gasteiger partial charge in [0.2, 0.25) is 0 Å². The number of nitrogens with zero attached hydrogens (tertiary/aromatic N) is 2. The Kier molecular flexibility index (Phi) is 5.74. The molecule has 1 saturated heterocycles. The molecule has 6 nitrogen and oxygen atoms in total. The van der Waals surface area contributed by atoms with Gasteiger partial charge < -0.3 is 14.7 Å². The van der Waals surface area contributed by atoms with Gasteiger partial charge in [0.1, 0.15) is 6.23 Å². The predicted octanol–water partition coefficient (Wildman–Crippen LogP) is 2.10. The summed E-state index contributed by atoms with van der Waals surface area (Å²) in [5.74, 6) is -0.0120. The summed E-state index contributed by atoms with van der Waals surface area (Å²) in [6.07, 6.45) is 3.62. The molecule has 2 aliphatic heterocycles. The van der Waals surface area contributed by atoms with Crippen molar-refractivity contribution in [3.8, 4) is 0 Å². The normalized spacial score (nSPS) is 26.5. The lowest BCUT2D eigenvalue weighted by atomic mass is 10.1. The smallest absolute Gasteiger partial charge is 0.326 e. The molecule has 1 aromatic carbocycles. The van der Waals surface area contributed by atoms with Gasteiger partial charge in [0.15, 0.2) is 5.78 Å². The number of amides is 2. The number of hydrogen-bond acceptors (Lipinski definition) is 4. The molecular weight excluding hydrogens is 332 g/mol. The van der Waals surface area contributed by atoms with Gasteiger partial charge in [-0.25, -0.2) is 4.79 Å². The fourth-order valence-corrected chi connectivity index (χ4v) is 3.57. The van der Waals surface area contributed by atoms with Crippen LogP contribution in [0.4, 0.5) is 4.79 Å². The first kappa shape index (κ1) is 18.6. The van der Waals surface area contributed by atoms with E-state index >= 15 is 0 Å². The minimum absolute atomic E-state index is 0.0669. The number of hydrogen-bond donors (Lipinski definition) is 1. The van der Waals surface area contributed by atoms with Crippen LogP contribution in [-0.4, -0.2) is 58.7 Å². The maximum atomic E-state index is 13.0. The lowest BCUT2D eigenvalue weighted by Crippen LogP contribution is -2.47. The van der Waals surface area contributed by atoms with E-state index in [1.54, 1.807) is 4.90 Å². The molecule has 1 fully saturated rings. The Hall–Kier alpha value is -2.18. The highest BCUT2D eigenvalue weighted by molar-refractivity contribution is 5.95. The maximum absolute atomic E-state index is 13.0. The van der Waals surface area contributed by atoms with E-state index in [9.17, 15) is 14.7 Å². The van der Waals surface area contributed by atoms with Crippen molar-refractivity contribution in [1.29, 1.82) is 0 Å². The first-order valence-electron chi connectivity index (χ1n) is 9.08. The molecule has 2 heterocycles. The molecular formula is C20H26N2O4. The number of ether oxygens (including phenoxy) is 1. The third kappa shape index (κ3) is 4.14. The molecule has 0 spiro atoms. The molecule has 1 N–H and O–H groups in total. The summed E-state index contributed by atoms with van der Waals surface area (Å²) in [5.41, 5.74) is 2.31. The quantitative estimate of drug-likeness (QED) is 0.875. The molecule has 0 bridgehead atoms. The van der Waals surface area contributed by atoms with Gasteiger partial charge in [0, 0.05) is 18.7 Å². The van der Waals surface area contributed by atoms with Crippen LogP contribution in [0.25, 0.3) is 0 Å². The number of carbonyl (C=O) groups excluding carboxylic acids is 2. The standard InChI is InChI=1S/C20H26N2O4/c1-14-4-3-5-16(10-14)6-8-21-12-17(24)7-9-22(20(21)25)19-15(2)11-18(13-23)26-19/h3-5,7,9-10,15,18-19,23H,6,8,11-13H2,1-2H3/t15?,18-,19?/m0/s1. The van der Waals surface area contributed by atoms with Crippen LogP contribution in [0, 0.1) is 12.8 Å². The largest absolute Gasteiger partial charge is 0.394 e. The number of rotatable bonds is 5. The second-order valence-corrected chi connectivity index (χ2v) is 7.18. The van der Waals surface area contributed by atoms with Crippen molar-refractivity contribution < 1.29 is 19.4 Å². The molecule has 3 atom stereocenters. The summed E-state index contributed by atoms with van der Waals surface area (Å²) < 4.78 is 5.82. The van der Waals surface area contributed by atoms with Crippen LogP contribution < -0.4 is 0 Å². The zero-order valence-electron chi connectivity index (χ0n) is 15.3. The van der Waals surface area contributed by atoms with E-state index in [1.165, 1.54) is 22.7 Å². The lowest BCUT2D eigenvalue weighted by molar-refractivity contribution is -0.115. The summed E-state index contributed by atoms with van der Waals surface area (Å²) in [6.45, 7) is 4.50. The van der Waals surface area contributed by atoms with Gasteiger partial charge in [0.25, 0.3) is 0 Å². The monoisotopic (exact) mass is 358 g/mol. The van der Waals surface area contributed by atoms with Crippen molar-refractivity contribution in [3.63, 3.8) is 0 Å². The van der Waals surface area contributed by atoms with Gasteiger partial charge in [-0.2, -0.15) is 0 Å². The van der Waals surface area contributed by atoms with E-state index in [-0.39, 0.29) is 37.0 Å². The molecule has 3 rings (SSSR count). The Morgan fingerprint density at radius 2 is 2.12 bits per heavy atom. The number of aliphatic hydroxyl groups is 1. The van der Waals surface area contributed by atoms with Crippen molar-refractivity contribution in [2.45, 2.75) is 39.0 Å². The summed E-state index contributed by atoms with van der Waals surface area (Å²) in [5, 5.41) is 9.34. The van der Waals surface area contributed by atoms with Gasteiger partial charge in [-0.3, -0.25) is 9.69 Å². The summed E-state index contributed by atoms with van der Waals surface area (Å²) >= 11 is 0. The maximum Gasteiger partial charge on any atom is 0.326 e. The van der Waals surface area contributed by atoms with E-state index in [1.807, 2.05) is 32.0 Å². The first-order valence-corrected chi connectivity index (χ1v) is 9.08. The molecule has 6 heteroatoms. The number of aryl methyl sites for hydroxylation is 1. The molecule has 26 heavy (non-hydrogen) atoms. The topological polar surface area (TPSA) is 70.1 Å². The minimum Gasteiger partial charge on any atom is -0.394 e. The highest BCUT2D eigenvalue weighted by Crippen LogP contribution is 2.30. The Morgan fingerprint density at radius 3 is 2.81 bits per heavy atom. The molecule has 0 radical (unpaired) electrons. The molecule has 2 unspecified atom stereocenters. The Morgan fingerprint density at radius 1 is 1.31 bits per heavy atom. The van der Waals surface area contributed by atoms with Crippen LogP contribution in [0.5, 0.6) is 0 Å². The second kappa shape index (κ2) is 8.01. The first-order chi connectivity index (χ1) is 12.5. The average molecular weight is 358 g/mol. The van der Waals surface area contributed by atoms with Crippen LogP contribution in [-0.2, 0) is 16.0 Å². The Balaban J connectivity index is 1.72. The molecule has 1 aromatic rings. The predicted molar refractivity (Wildman–Crippen MR) is 97.4 cm³/mol. The number of ketones is 1. The van der Waals surface area contributed by atoms with Crippen LogP contribution >= 0.6 is 0 Å². The third-order valence-electron chi connectivity index (χ3n) is 4.94. The molecule has 0 saturated carbocycles. The zero-order chi connectivity index (χ0) is 18.7. The van der Waals surface area contributed by atoms with Crippen molar-refractivity contribution in [2.75, 3.05) is 19.7 Å². The highest BCUT2D eigenvalue weighted by Gasteiger charge is 2.39. The van der Waals surface area contributed by atoms with E-state index in [4.69, 9.17) is 4.74 Å². The van der Waals surface area contributed by atoms with Gasteiger partial charge in [0.05, 0.1) is 19.3 Å². The van der Waals surface area contributed by atoms with Gasteiger partial charge in [-0.15, -0.1) is 0 Å².